The number of benzene rings is 2. The second kappa shape index (κ2) is 8.47. The van der Waals surface area contributed by atoms with Crippen LogP contribution in [0.2, 0.25) is 0 Å². The van der Waals surface area contributed by atoms with Crippen molar-refractivity contribution in [3.8, 4) is 0 Å². The first-order chi connectivity index (χ1) is 12.6. The number of amides is 1. The number of carbonyl (C=O) groups excluding carboxylic acids is 1. The molecule has 0 saturated heterocycles. The average Bonchev–Trinajstić information content (AvgIpc) is 2.58. The molecule has 0 aromatic heterocycles. The molecule has 0 radical (unpaired) electrons. The molecule has 1 amide bonds. The smallest absolute Gasteiger partial charge is 0.232 e. The Hall–Kier alpha value is -2.48. The van der Waals surface area contributed by atoms with Crippen molar-refractivity contribution < 1.29 is 22.0 Å². The third-order valence-electron chi connectivity index (χ3n) is 4.13. The minimum absolute atomic E-state index is 0.252. The van der Waals surface area contributed by atoms with Gasteiger partial charge in [-0.15, -0.1) is 0 Å². The van der Waals surface area contributed by atoms with Crippen molar-refractivity contribution in [2.24, 2.45) is 0 Å². The van der Waals surface area contributed by atoms with E-state index in [9.17, 15) is 22.0 Å². The third-order valence-corrected chi connectivity index (χ3v) is 5.30. The summed E-state index contributed by atoms with van der Waals surface area (Å²) in [7, 11) is -3.98. The Labute approximate surface area is 158 Å². The monoisotopic (exact) mass is 396 g/mol. The van der Waals surface area contributed by atoms with Gasteiger partial charge in [0.25, 0.3) is 0 Å². The maximum absolute atomic E-state index is 14.0. The van der Waals surface area contributed by atoms with E-state index in [4.69, 9.17) is 0 Å². The minimum atomic E-state index is -3.98. The van der Waals surface area contributed by atoms with Gasteiger partial charge in [0.05, 0.1) is 6.26 Å². The van der Waals surface area contributed by atoms with Gasteiger partial charge in [-0.3, -0.25) is 9.10 Å². The van der Waals surface area contributed by atoms with E-state index in [1.807, 2.05) is 32.0 Å². The Bertz CT molecular complexity index is 926. The molecule has 0 aliphatic heterocycles. The first kappa shape index (κ1) is 20.8. The summed E-state index contributed by atoms with van der Waals surface area (Å²) in [6, 6.07) is 8.71. The number of nitrogens with zero attached hydrogens (tertiary/aromatic N) is 1. The van der Waals surface area contributed by atoms with Gasteiger partial charge in [-0.1, -0.05) is 31.2 Å². The lowest BCUT2D eigenvalue weighted by Crippen LogP contribution is -2.34. The fraction of sp³-hybridized carbons (Fsp3) is 0.316. The number of carbonyl (C=O) groups is 1. The highest BCUT2D eigenvalue weighted by Gasteiger charge is 2.25. The van der Waals surface area contributed by atoms with Crippen LogP contribution in [0.25, 0.3) is 0 Å². The van der Waals surface area contributed by atoms with Gasteiger partial charge < -0.3 is 5.32 Å². The van der Waals surface area contributed by atoms with E-state index in [2.05, 4.69) is 5.32 Å². The van der Waals surface area contributed by atoms with Crippen molar-refractivity contribution in [3.63, 3.8) is 0 Å². The van der Waals surface area contributed by atoms with Crippen LogP contribution in [0.4, 0.5) is 20.2 Å². The standard InChI is InChI=1S/C19H22F2N2O3S/c1-4-14-8-5-7-13(2)18(14)22-17(24)11-12-23(27(3,25)26)19-15(20)9-6-10-16(19)21/h5-10H,4,11-12H2,1-3H3,(H,22,24). The van der Waals surface area contributed by atoms with Crippen LogP contribution in [-0.4, -0.2) is 27.1 Å². The van der Waals surface area contributed by atoms with Gasteiger partial charge in [0.1, 0.15) is 5.69 Å². The summed E-state index contributed by atoms with van der Waals surface area (Å²) in [5, 5.41) is 2.77. The first-order valence-corrected chi connectivity index (χ1v) is 10.3. The van der Waals surface area contributed by atoms with Gasteiger partial charge in [-0.2, -0.15) is 0 Å². The molecule has 146 valence electrons. The van der Waals surface area contributed by atoms with Crippen LogP contribution in [0.5, 0.6) is 0 Å². The molecule has 8 heteroatoms. The zero-order valence-electron chi connectivity index (χ0n) is 15.4. The fourth-order valence-electron chi connectivity index (χ4n) is 2.78. The van der Waals surface area contributed by atoms with Crippen molar-refractivity contribution in [2.45, 2.75) is 26.7 Å². The SMILES string of the molecule is CCc1cccc(C)c1NC(=O)CCN(c1c(F)cccc1F)S(C)(=O)=O. The van der Waals surface area contributed by atoms with Crippen molar-refractivity contribution in [2.75, 3.05) is 22.4 Å². The topological polar surface area (TPSA) is 66.5 Å². The molecule has 2 rings (SSSR count). The van der Waals surface area contributed by atoms with Gasteiger partial charge in [0, 0.05) is 18.7 Å². The Kier molecular flexibility index (Phi) is 6.54. The number of anilines is 2. The maximum Gasteiger partial charge on any atom is 0.232 e. The summed E-state index contributed by atoms with van der Waals surface area (Å²) in [5.74, 6) is -2.45. The van der Waals surface area contributed by atoms with Crippen molar-refractivity contribution in [1.82, 2.24) is 0 Å². The average molecular weight is 396 g/mol. The molecule has 0 aliphatic rings. The lowest BCUT2D eigenvalue weighted by atomic mass is 10.1. The minimum Gasteiger partial charge on any atom is -0.326 e. The summed E-state index contributed by atoms with van der Waals surface area (Å²) >= 11 is 0. The van der Waals surface area contributed by atoms with Crippen LogP contribution < -0.4 is 9.62 Å². The molecule has 0 spiro atoms. The molecule has 27 heavy (non-hydrogen) atoms. The molecule has 0 aliphatic carbocycles. The molecule has 2 aromatic rings. The van der Waals surface area contributed by atoms with E-state index in [0.29, 0.717) is 16.4 Å². The number of aryl methyl sites for hydroxylation is 2. The number of nitrogens with one attached hydrogen (secondary N) is 1. The predicted molar refractivity (Wildman–Crippen MR) is 102 cm³/mol. The van der Waals surface area contributed by atoms with Crippen LogP contribution in [0.15, 0.2) is 36.4 Å². The summed E-state index contributed by atoms with van der Waals surface area (Å²) in [5.41, 5.74) is 1.82. The Balaban J connectivity index is 2.21. The number of halogens is 2. The van der Waals surface area contributed by atoms with Crippen molar-refractivity contribution in [1.29, 1.82) is 0 Å². The second-order valence-corrected chi connectivity index (χ2v) is 8.07. The van der Waals surface area contributed by atoms with E-state index in [1.54, 1.807) is 0 Å². The number of sulfonamides is 1. The zero-order chi connectivity index (χ0) is 20.2. The fourth-order valence-corrected chi connectivity index (χ4v) is 3.71. The number of hydrogen-bond donors (Lipinski definition) is 1. The highest BCUT2D eigenvalue weighted by molar-refractivity contribution is 7.92. The van der Waals surface area contributed by atoms with Crippen molar-refractivity contribution in [3.05, 3.63) is 59.2 Å². The lowest BCUT2D eigenvalue weighted by molar-refractivity contribution is -0.116. The van der Waals surface area contributed by atoms with Gasteiger partial charge in [-0.05, 0) is 36.6 Å². The van der Waals surface area contributed by atoms with Crippen LogP contribution in [0.1, 0.15) is 24.5 Å². The highest BCUT2D eigenvalue weighted by atomic mass is 32.2. The first-order valence-electron chi connectivity index (χ1n) is 8.45. The normalized spacial score (nSPS) is 11.3. The summed E-state index contributed by atoms with van der Waals surface area (Å²) < 4.78 is 52.6. The van der Waals surface area contributed by atoms with E-state index in [0.717, 1.165) is 35.6 Å². The number of hydrogen-bond acceptors (Lipinski definition) is 3. The van der Waals surface area contributed by atoms with Crippen LogP contribution in [0, 0.1) is 18.6 Å². The van der Waals surface area contributed by atoms with Crippen LogP contribution in [-0.2, 0) is 21.2 Å². The summed E-state index contributed by atoms with van der Waals surface area (Å²) in [6.07, 6.45) is 1.30. The summed E-state index contributed by atoms with van der Waals surface area (Å²) in [4.78, 5) is 12.3. The molecule has 1 N–H and O–H groups in total. The molecular weight excluding hydrogens is 374 g/mol. The molecule has 2 aromatic carbocycles. The molecule has 0 atom stereocenters. The second-order valence-electron chi connectivity index (χ2n) is 6.17. The van der Waals surface area contributed by atoms with Gasteiger partial charge in [-0.25, -0.2) is 17.2 Å². The quantitative estimate of drug-likeness (QED) is 0.777. The van der Waals surface area contributed by atoms with Crippen LogP contribution in [0.3, 0.4) is 0 Å². The lowest BCUT2D eigenvalue weighted by Gasteiger charge is -2.23. The van der Waals surface area contributed by atoms with E-state index in [-0.39, 0.29) is 13.0 Å². The van der Waals surface area contributed by atoms with Gasteiger partial charge >= 0.3 is 0 Å². The van der Waals surface area contributed by atoms with E-state index in [1.165, 1.54) is 0 Å². The zero-order valence-corrected chi connectivity index (χ0v) is 16.2. The van der Waals surface area contributed by atoms with Gasteiger partial charge in [0.15, 0.2) is 11.6 Å². The predicted octanol–water partition coefficient (Wildman–Crippen LogP) is 3.63. The summed E-state index contributed by atoms with van der Waals surface area (Å²) in [6.45, 7) is 3.43. The third kappa shape index (κ3) is 5.03. The van der Waals surface area contributed by atoms with Gasteiger partial charge in [0.2, 0.25) is 15.9 Å². The Morgan fingerprint density at radius 1 is 1.11 bits per heavy atom. The molecular formula is C19H22F2N2O3S. The largest absolute Gasteiger partial charge is 0.326 e. The van der Waals surface area contributed by atoms with E-state index >= 15 is 0 Å². The molecule has 0 fully saturated rings. The molecule has 0 unspecified atom stereocenters. The molecule has 0 heterocycles. The molecule has 0 saturated carbocycles. The van der Waals surface area contributed by atoms with E-state index < -0.39 is 33.3 Å². The number of para-hydroxylation sites is 2. The maximum atomic E-state index is 14.0. The Morgan fingerprint density at radius 3 is 2.26 bits per heavy atom. The Morgan fingerprint density at radius 2 is 1.70 bits per heavy atom. The highest BCUT2D eigenvalue weighted by Crippen LogP contribution is 2.26. The number of rotatable bonds is 7. The molecule has 0 bridgehead atoms. The van der Waals surface area contributed by atoms with Crippen LogP contribution >= 0.6 is 0 Å². The molecule has 5 nitrogen and oxygen atoms in total. The van der Waals surface area contributed by atoms with Crippen molar-refractivity contribution >= 4 is 27.3 Å².